The van der Waals surface area contributed by atoms with Crippen LogP contribution in [0.15, 0.2) is 59.4 Å². The first-order chi connectivity index (χ1) is 18.1. The van der Waals surface area contributed by atoms with E-state index in [1.165, 1.54) is 11.1 Å². The number of ether oxygens (including phenoxy) is 1. The molecule has 0 aliphatic rings. The van der Waals surface area contributed by atoms with Crippen LogP contribution in [-0.4, -0.2) is 34.9 Å². The second kappa shape index (κ2) is 18.4. The van der Waals surface area contributed by atoms with Gasteiger partial charge < -0.3 is 14.7 Å². The number of nitrogens with two attached hydrogens (primary N) is 1. The number of carbonyl (C=O) groups excluding carboxylic acids is 1. The van der Waals surface area contributed by atoms with E-state index in [9.17, 15) is 13.6 Å². The van der Waals surface area contributed by atoms with Crippen LogP contribution in [0.1, 0.15) is 45.4 Å². The second-order valence-electron chi connectivity index (χ2n) is 7.18. The maximum atomic E-state index is 13.9. The number of anilines is 2. The Hall–Kier alpha value is -3.83. The van der Waals surface area contributed by atoms with E-state index in [2.05, 4.69) is 9.97 Å². The summed E-state index contributed by atoms with van der Waals surface area (Å²) in [4.78, 5) is 29.5. The molecule has 2 aromatic rings. The number of nitrogens with zero attached hydrogens (tertiary/aromatic N) is 4. The molecule has 3 N–H and O–H groups in total. The van der Waals surface area contributed by atoms with Crippen LogP contribution in [0.3, 0.4) is 0 Å². The van der Waals surface area contributed by atoms with Crippen LogP contribution in [0.2, 0.25) is 0 Å². The molecule has 0 saturated carbocycles. The number of hydrogen-bond donors (Lipinski definition) is 2. The summed E-state index contributed by atoms with van der Waals surface area (Å²) in [5.74, 6) is 4.92. The number of rotatable bonds is 10. The lowest BCUT2D eigenvalue weighted by atomic mass is 10.2. The molecule has 0 aliphatic carbocycles. The molecule has 0 radical (unpaired) electrons. The molecule has 2 rings (SSSR count). The summed E-state index contributed by atoms with van der Waals surface area (Å²) in [6, 6.07) is 2.52. The molecule has 0 amide bonds. The van der Waals surface area contributed by atoms with E-state index in [1.807, 2.05) is 51.8 Å². The van der Waals surface area contributed by atoms with Gasteiger partial charge in [-0.15, -0.1) is 0 Å². The highest BCUT2D eigenvalue weighted by molar-refractivity contribution is 6.39. The highest BCUT2D eigenvalue weighted by atomic mass is 35.5. The number of aromatic nitrogens is 2. The van der Waals surface area contributed by atoms with Crippen LogP contribution in [-0.2, 0) is 20.9 Å². The van der Waals surface area contributed by atoms with Crippen molar-refractivity contribution < 1.29 is 28.2 Å². The van der Waals surface area contributed by atoms with E-state index in [0.29, 0.717) is 23.9 Å². The number of halogens is 3. The summed E-state index contributed by atoms with van der Waals surface area (Å²) in [5, 5.41) is 8.09. The second-order valence-corrected chi connectivity index (χ2v) is 7.59. The van der Waals surface area contributed by atoms with Crippen molar-refractivity contribution in [2.24, 2.45) is 5.84 Å². The first-order valence-corrected chi connectivity index (χ1v) is 11.9. The molecule has 38 heavy (non-hydrogen) atoms. The van der Waals surface area contributed by atoms with E-state index in [4.69, 9.17) is 32.1 Å². The van der Waals surface area contributed by atoms with Crippen molar-refractivity contribution in [1.29, 1.82) is 0 Å². The van der Waals surface area contributed by atoms with Crippen LogP contribution >= 0.6 is 11.6 Å². The summed E-state index contributed by atoms with van der Waals surface area (Å²) in [6.45, 7) is 9.08. The van der Waals surface area contributed by atoms with Gasteiger partial charge in [-0.3, -0.25) is 19.6 Å². The Morgan fingerprint density at radius 3 is 2.39 bits per heavy atom. The van der Waals surface area contributed by atoms with Gasteiger partial charge in [0.25, 0.3) is 6.47 Å². The van der Waals surface area contributed by atoms with Crippen molar-refractivity contribution in [3.05, 3.63) is 82.3 Å². The number of aryl methyl sites for hydroxylation is 1. The van der Waals surface area contributed by atoms with Gasteiger partial charge in [-0.05, 0) is 25.8 Å². The zero-order valence-corrected chi connectivity index (χ0v) is 23.0. The number of carboxylic acid groups (broad SMARTS) is 1. The zero-order valence-electron chi connectivity index (χ0n) is 22.3. The van der Waals surface area contributed by atoms with Gasteiger partial charge in [0, 0.05) is 49.0 Å². The molecule has 0 aliphatic heterocycles. The fraction of sp³-hybridized carbons (Fsp3) is 0.308. The Morgan fingerprint density at radius 2 is 1.84 bits per heavy atom. The number of hydrazine groups is 1. The average Bonchev–Trinajstić information content (AvgIpc) is 2.91. The van der Waals surface area contributed by atoms with Gasteiger partial charge in [0.15, 0.2) is 12.1 Å². The quantitative estimate of drug-likeness (QED) is 0.0966. The molecular formula is C26H34ClF2N5O4. The Morgan fingerprint density at radius 1 is 1.21 bits per heavy atom. The maximum absolute atomic E-state index is 13.9. The third-order valence-corrected chi connectivity index (χ3v) is 4.92. The third-order valence-electron chi connectivity index (χ3n) is 4.64. The smallest absolute Gasteiger partial charge is 0.290 e. The summed E-state index contributed by atoms with van der Waals surface area (Å²) < 4.78 is 32.5. The predicted octanol–water partition coefficient (Wildman–Crippen LogP) is 5.60. The lowest BCUT2D eigenvalue weighted by Gasteiger charge is -2.24. The van der Waals surface area contributed by atoms with Gasteiger partial charge in [0.1, 0.15) is 34.7 Å². The largest absolute Gasteiger partial charge is 0.485 e. The average molecular weight is 554 g/mol. The molecule has 208 valence electrons. The highest BCUT2D eigenvalue weighted by Gasteiger charge is 2.14. The molecule has 2 aromatic heterocycles. The Bertz CT molecular complexity index is 1140. The number of aldehydes is 1. The van der Waals surface area contributed by atoms with Gasteiger partial charge in [-0.2, -0.15) is 0 Å². The van der Waals surface area contributed by atoms with Crippen molar-refractivity contribution in [2.75, 3.05) is 17.0 Å². The highest BCUT2D eigenvalue weighted by Crippen LogP contribution is 2.27. The Kier molecular flexibility index (Phi) is 16.6. The van der Waals surface area contributed by atoms with E-state index in [1.54, 1.807) is 19.3 Å². The van der Waals surface area contributed by atoms with Crippen LogP contribution in [0.25, 0.3) is 0 Å². The minimum Gasteiger partial charge on any atom is -0.485 e. The van der Waals surface area contributed by atoms with Crippen molar-refractivity contribution in [3.63, 3.8) is 0 Å². The molecule has 0 spiro atoms. The number of allylic oxidation sites excluding steroid dienone is 4. The number of hydrogen-bond acceptors (Lipinski definition) is 8. The van der Waals surface area contributed by atoms with Crippen molar-refractivity contribution in [3.8, 4) is 0 Å². The fourth-order valence-corrected chi connectivity index (χ4v) is 2.82. The topological polar surface area (TPSA) is 122 Å². The van der Waals surface area contributed by atoms with E-state index in [-0.39, 0.29) is 29.6 Å². The molecule has 0 atom stereocenters. The van der Waals surface area contributed by atoms with E-state index in [0.717, 1.165) is 23.9 Å². The summed E-state index contributed by atoms with van der Waals surface area (Å²) in [6.07, 6.45) is 8.99. The van der Waals surface area contributed by atoms with Gasteiger partial charge in [0.2, 0.25) is 0 Å². The van der Waals surface area contributed by atoms with Crippen LogP contribution < -0.4 is 15.8 Å². The van der Waals surface area contributed by atoms with Gasteiger partial charge in [-0.25, -0.2) is 19.6 Å². The molecule has 12 heteroatoms. The van der Waals surface area contributed by atoms with Crippen LogP contribution in [0.4, 0.5) is 20.3 Å². The number of carbonyl (C=O) groups is 2. The van der Waals surface area contributed by atoms with Gasteiger partial charge in [-0.1, -0.05) is 38.4 Å². The molecule has 9 nitrogen and oxygen atoms in total. The first-order valence-electron chi connectivity index (χ1n) is 11.5. The molecule has 0 fully saturated rings. The SMILES string of the molecule is CC.CC/C=C\N(N)c1cc(N(C)/C(C)=C\C(OCc2ncc(F)cc2F)=C(\Cl)C=O)c(C)cn1.O=CO. The van der Waals surface area contributed by atoms with E-state index >= 15 is 0 Å². The Balaban J connectivity index is 0.00000255. The predicted molar refractivity (Wildman–Crippen MR) is 145 cm³/mol. The molecule has 2 heterocycles. The molecular weight excluding hydrogens is 520 g/mol. The fourth-order valence-electron chi connectivity index (χ4n) is 2.71. The summed E-state index contributed by atoms with van der Waals surface area (Å²) >= 11 is 6.01. The molecule has 0 unspecified atom stereocenters. The Labute approximate surface area is 226 Å². The van der Waals surface area contributed by atoms with Crippen molar-refractivity contribution in [1.82, 2.24) is 9.97 Å². The minimum atomic E-state index is -0.863. The standard InChI is InChI=1S/C23H26ClF2N5O2.C2H6.CH2O2/c1-5-6-7-31(27)23-10-21(15(2)11-29-23)30(4)16(3)8-22(18(24)13-32)33-14-20-19(26)9-17(25)12-28-20;1-2;2-1-3/h6-13H,5,14,27H2,1-4H3;1-2H3;1H,(H,2,3)/b7-6-,16-8-,22-18-;;. The minimum absolute atomic E-state index is 0.0137. The normalized spacial score (nSPS) is 11.4. The lowest BCUT2D eigenvalue weighted by molar-refractivity contribution is -0.122. The van der Waals surface area contributed by atoms with Crippen LogP contribution in [0.5, 0.6) is 0 Å². The molecule has 0 aromatic carbocycles. The molecule has 0 bridgehead atoms. The van der Waals surface area contributed by atoms with Gasteiger partial charge >= 0.3 is 0 Å². The van der Waals surface area contributed by atoms with Crippen LogP contribution in [0, 0.1) is 18.6 Å². The van der Waals surface area contributed by atoms with Gasteiger partial charge in [0.05, 0.1) is 6.20 Å². The first kappa shape index (κ1) is 34.2. The third kappa shape index (κ3) is 11.1. The zero-order chi connectivity index (χ0) is 29.3. The number of pyridine rings is 2. The maximum Gasteiger partial charge on any atom is 0.290 e. The van der Waals surface area contributed by atoms with E-state index < -0.39 is 11.6 Å². The monoisotopic (exact) mass is 553 g/mol. The van der Waals surface area contributed by atoms with Crippen molar-refractivity contribution in [2.45, 2.75) is 47.6 Å². The van der Waals surface area contributed by atoms with Crippen molar-refractivity contribution >= 4 is 35.9 Å². The lowest BCUT2D eigenvalue weighted by Crippen LogP contribution is -2.26. The summed E-state index contributed by atoms with van der Waals surface area (Å²) in [7, 11) is 1.81. The molecule has 0 saturated heterocycles. The summed E-state index contributed by atoms with van der Waals surface area (Å²) in [5.41, 5.74) is 2.22.